The number of carbonyl (C=O) groups excluding carboxylic acids is 1. The van der Waals surface area contributed by atoms with Crippen molar-refractivity contribution in [2.75, 3.05) is 6.61 Å². The lowest BCUT2D eigenvalue weighted by Gasteiger charge is -2.47. The quantitative estimate of drug-likeness (QED) is 0.127. The second-order valence-corrected chi connectivity index (χ2v) is 9.84. The topological polar surface area (TPSA) is 194 Å². The summed E-state index contributed by atoms with van der Waals surface area (Å²) in [6.45, 7) is 3.91. The van der Waals surface area contributed by atoms with Gasteiger partial charge in [0.2, 0.25) is 6.29 Å². The number of phenolic OH excluding ortho intramolecular Hbond substituents is 2. The fraction of sp³-hybridized carbons (Fsp3) is 0.556. The molecule has 0 saturated carbocycles. The Hall–Kier alpha value is -2.96. The second-order valence-electron chi connectivity index (χ2n) is 9.84. The highest BCUT2D eigenvalue weighted by molar-refractivity contribution is 6.11. The van der Waals surface area contributed by atoms with E-state index in [9.17, 15) is 45.3 Å². The smallest absolute Gasteiger partial charge is 0.335 e. The molecule has 0 aromatic heterocycles. The van der Waals surface area contributed by atoms with Crippen molar-refractivity contribution in [1.29, 1.82) is 0 Å². The van der Waals surface area contributed by atoms with E-state index in [1.165, 1.54) is 13.8 Å². The molecule has 38 heavy (non-hydrogen) atoms. The first-order valence-corrected chi connectivity index (χ1v) is 12.7. The summed E-state index contributed by atoms with van der Waals surface area (Å²) in [5.74, 6) is -3.36. The molecule has 0 aliphatic carbocycles. The SMILES string of the molecule is CCCCCCC[C@@]1(O)[C@H](O)[C@@H](O)[C@H](Oc2cc(C(=O)O)cc3c(O)c(C)c(C(C)=O)c(O)c23)O[C@@H]1CO. The molecule has 1 aliphatic heterocycles. The van der Waals surface area contributed by atoms with Gasteiger partial charge in [0, 0.05) is 10.9 Å². The molecule has 2 aromatic carbocycles. The number of unbranched alkanes of at least 4 members (excludes halogenated alkanes) is 4. The molecule has 0 radical (unpaired) electrons. The number of carboxylic acids is 1. The number of phenols is 2. The highest BCUT2D eigenvalue weighted by atomic mass is 16.7. The van der Waals surface area contributed by atoms with Crippen LogP contribution >= 0.6 is 0 Å². The fourth-order valence-electron chi connectivity index (χ4n) is 5.06. The Morgan fingerprint density at radius 2 is 1.74 bits per heavy atom. The van der Waals surface area contributed by atoms with E-state index >= 15 is 0 Å². The molecule has 1 fully saturated rings. The first kappa shape index (κ1) is 29.6. The van der Waals surface area contributed by atoms with Crippen molar-refractivity contribution in [1.82, 2.24) is 0 Å². The van der Waals surface area contributed by atoms with Crippen LogP contribution in [0.25, 0.3) is 10.8 Å². The second kappa shape index (κ2) is 11.8. The van der Waals surface area contributed by atoms with Gasteiger partial charge in [0.1, 0.15) is 41.2 Å². The van der Waals surface area contributed by atoms with Crippen LogP contribution < -0.4 is 4.74 Å². The van der Waals surface area contributed by atoms with E-state index in [0.717, 1.165) is 37.8 Å². The van der Waals surface area contributed by atoms with Gasteiger partial charge in [-0.05, 0) is 32.4 Å². The lowest BCUT2D eigenvalue weighted by molar-refractivity contribution is -0.315. The third kappa shape index (κ3) is 5.43. The summed E-state index contributed by atoms with van der Waals surface area (Å²) >= 11 is 0. The van der Waals surface area contributed by atoms with Crippen molar-refractivity contribution >= 4 is 22.5 Å². The molecule has 1 heterocycles. The van der Waals surface area contributed by atoms with Crippen LogP contribution in [0.2, 0.25) is 0 Å². The van der Waals surface area contributed by atoms with Gasteiger partial charge in [0.05, 0.1) is 23.1 Å². The molecule has 1 aliphatic rings. The molecule has 1 saturated heterocycles. The van der Waals surface area contributed by atoms with E-state index in [4.69, 9.17) is 9.47 Å². The Bertz CT molecular complexity index is 1190. The summed E-state index contributed by atoms with van der Waals surface area (Å²) in [6.07, 6.45) is -2.43. The van der Waals surface area contributed by atoms with Crippen LogP contribution in [0.3, 0.4) is 0 Å². The minimum Gasteiger partial charge on any atom is -0.507 e. The molecule has 3 rings (SSSR count). The molecular weight excluding hydrogens is 500 g/mol. The molecule has 0 amide bonds. The summed E-state index contributed by atoms with van der Waals surface area (Å²) in [4.78, 5) is 24.0. The minimum atomic E-state index is -1.98. The number of aromatic carboxylic acids is 1. The van der Waals surface area contributed by atoms with Crippen LogP contribution in [0.1, 0.15) is 78.7 Å². The number of benzene rings is 2. The predicted octanol–water partition coefficient (Wildman–Crippen LogP) is 2.37. The maximum atomic E-state index is 12.2. The van der Waals surface area contributed by atoms with Crippen molar-refractivity contribution in [3.63, 3.8) is 0 Å². The van der Waals surface area contributed by atoms with Crippen molar-refractivity contribution in [2.24, 2.45) is 0 Å². The summed E-state index contributed by atoms with van der Waals surface area (Å²) in [6, 6.07) is 2.10. The number of hydrogen-bond donors (Lipinski definition) is 7. The van der Waals surface area contributed by atoms with Crippen molar-refractivity contribution in [3.05, 3.63) is 28.8 Å². The van der Waals surface area contributed by atoms with E-state index in [1.807, 2.05) is 0 Å². The van der Waals surface area contributed by atoms with Gasteiger partial charge in [0.15, 0.2) is 5.78 Å². The molecule has 2 aromatic rings. The van der Waals surface area contributed by atoms with Crippen LogP contribution in [-0.4, -0.2) is 84.3 Å². The average Bonchev–Trinajstić information content (AvgIpc) is 2.87. The van der Waals surface area contributed by atoms with Gasteiger partial charge in [-0.1, -0.05) is 39.0 Å². The van der Waals surface area contributed by atoms with Crippen LogP contribution in [0.15, 0.2) is 12.1 Å². The zero-order valence-electron chi connectivity index (χ0n) is 21.7. The van der Waals surface area contributed by atoms with Crippen LogP contribution in [0.4, 0.5) is 0 Å². The number of rotatable bonds is 11. The molecule has 0 bridgehead atoms. The van der Waals surface area contributed by atoms with Crippen molar-refractivity contribution in [2.45, 2.75) is 89.5 Å². The van der Waals surface area contributed by atoms with Gasteiger partial charge in [-0.3, -0.25) is 4.79 Å². The van der Waals surface area contributed by atoms with Crippen LogP contribution in [0.5, 0.6) is 17.2 Å². The number of Topliss-reactive ketones (excluding diaryl/α,β-unsaturated/α-hetero) is 1. The van der Waals surface area contributed by atoms with Crippen molar-refractivity contribution in [3.8, 4) is 17.2 Å². The summed E-state index contributed by atoms with van der Waals surface area (Å²) in [7, 11) is 0. The van der Waals surface area contributed by atoms with Gasteiger partial charge >= 0.3 is 5.97 Å². The maximum absolute atomic E-state index is 12.2. The molecule has 11 heteroatoms. The average molecular weight is 537 g/mol. The third-order valence-electron chi connectivity index (χ3n) is 7.22. The van der Waals surface area contributed by atoms with E-state index in [0.29, 0.717) is 6.42 Å². The highest BCUT2D eigenvalue weighted by Gasteiger charge is 2.55. The number of hydrogen-bond acceptors (Lipinski definition) is 10. The van der Waals surface area contributed by atoms with Gasteiger partial charge in [0.25, 0.3) is 0 Å². The van der Waals surface area contributed by atoms with Gasteiger partial charge in [-0.15, -0.1) is 0 Å². The minimum absolute atomic E-state index is 0.0321. The maximum Gasteiger partial charge on any atom is 0.335 e. The van der Waals surface area contributed by atoms with Crippen LogP contribution in [-0.2, 0) is 4.74 Å². The Morgan fingerprint density at radius 3 is 2.32 bits per heavy atom. The van der Waals surface area contributed by atoms with Crippen LogP contribution in [0, 0.1) is 6.92 Å². The normalized spacial score (nSPS) is 25.4. The third-order valence-corrected chi connectivity index (χ3v) is 7.22. The van der Waals surface area contributed by atoms with Gasteiger partial charge < -0.3 is 45.2 Å². The van der Waals surface area contributed by atoms with Gasteiger partial charge in [-0.25, -0.2) is 4.79 Å². The number of ether oxygens (including phenoxy) is 2. The number of carboxylic acid groups (broad SMARTS) is 1. The monoisotopic (exact) mass is 536 g/mol. The number of carbonyl (C=O) groups is 2. The molecule has 7 N–H and O–H groups in total. The van der Waals surface area contributed by atoms with E-state index < -0.39 is 60.1 Å². The Labute approximate surface area is 219 Å². The van der Waals surface area contributed by atoms with E-state index in [2.05, 4.69) is 6.92 Å². The number of ketones is 1. The predicted molar refractivity (Wildman–Crippen MR) is 136 cm³/mol. The first-order valence-electron chi connectivity index (χ1n) is 12.7. The van der Waals surface area contributed by atoms with Crippen molar-refractivity contribution < 1.29 is 54.8 Å². The lowest BCUT2D eigenvalue weighted by Crippen LogP contribution is -2.67. The van der Waals surface area contributed by atoms with E-state index in [1.54, 1.807) is 0 Å². The summed E-state index contributed by atoms with van der Waals surface area (Å²) in [5, 5.41) is 73.7. The number of aromatic hydroxyl groups is 2. The summed E-state index contributed by atoms with van der Waals surface area (Å²) < 4.78 is 11.4. The standard InChI is InChI=1S/C27H36O11/c1-4-5-6-7-8-9-27(36)18(12-28)38-26(23(32)24(27)33)37-17-11-15(25(34)35)10-16-20(17)22(31)19(14(3)29)13(2)21(16)30/h10-11,18,23-24,26,28,30-33,36H,4-9,12H2,1-3H3,(H,34,35)/t18-,23-,24-,26-,27+/m1/s1. The van der Waals surface area contributed by atoms with E-state index in [-0.39, 0.29) is 39.6 Å². The fourth-order valence-corrected chi connectivity index (χ4v) is 5.06. The Kier molecular flexibility index (Phi) is 9.21. The lowest BCUT2D eigenvalue weighted by atomic mass is 9.80. The number of aliphatic hydroxyl groups excluding tert-OH is 3. The number of aliphatic hydroxyl groups is 4. The molecule has 5 atom stereocenters. The molecular formula is C27H36O11. The van der Waals surface area contributed by atoms with Gasteiger partial charge in [-0.2, -0.15) is 0 Å². The molecule has 11 nitrogen and oxygen atoms in total. The zero-order chi connectivity index (χ0) is 28.4. The molecule has 0 unspecified atom stereocenters. The Balaban J connectivity index is 2.03. The zero-order valence-corrected chi connectivity index (χ0v) is 21.7. The first-order chi connectivity index (χ1) is 17.9. The Morgan fingerprint density at radius 1 is 1.08 bits per heavy atom. The summed E-state index contributed by atoms with van der Waals surface area (Å²) in [5.41, 5.74) is -2.50. The number of fused-ring (bicyclic) bond motifs is 1. The highest BCUT2D eigenvalue weighted by Crippen LogP contribution is 2.45. The molecule has 0 spiro atoms. The molecule has 210 valence electrons. The largest absolute Gasteiger partial charge is 0.507 e.